The molecular weight excluding hydrogens is 468 g/mol. The van der Waals surface area contributed by atoms with Gasteiger partial charge in [-0.2, -0.15) is 5.10 Å². The van der Waals surface area contributed by atoms with E-state index in [1.807, 2.05) is 49.4 Å². The van der Waals surface area contributed by atoms with Crippen LogP contribution in [0, 0.1) is 0 Å². The van der Waals surface area contributed by atoms with Gasteiger partial charge in [0.1, 0.15) is 18.1 Å². The molecule has 0 aliphatic heterocycles. The summed E-state index contributed by atoms with van der Waals surface area (Å²) in [7, 11) is 0. The minimum Gasteiger partial charge on any atom is -0.494 e. The second kappa shape index (κ2) is 10.8. The topological polar surface area (TPSA) is 59.9 Å². The molecule has 0 saturated heterocycles. The Morgan fingerprint density at radius 2 is 1.87 bits per heavy atom. The molecule has 0 fully saturated rings. The Labute approximate surface area is 188 Å². The lowest BCUT2D eigenvalue weighted by Crippen LogP contribution is -2.17. The van der Waals surface area contributed by atoms with E-state index in [1.54, 1.807) is 30.5 Å². The number of rotatable bonds is 8. The van der Waals surface area contributed by atoms with E-state index < -0.39 is 0 Å². The summed E-state index contributed by atoms with van der Waals surface area (Å²) < 4.78 is 12.0. The molecule has 7 heteroatoms. The number of nitrogens with one attached hydrogen (secondary N) is 1. The monoisotopic (exact) mass is 486 g/mol. The summed E-state index contributed by atoms with van der Waals surface area (Å²) in [4.78, 5) is 12.2. The zero-order valence-corrected chi connectivity index (χ0v) is 18.6. The number of hydrazone groups is 1. The van der Waals surface area contributed by atoms with Crippen molar-refractivity contribution in [1.29, 1.82) is 0 Å². The van der Waals surface area contributed by atoms with Crippen LogP contribution in [0.25, 0.3) is 0 Å². The van der Waals surface area contributed by atoms with Gasteiger partial charge in [0.2, 0.25) is 0 Å². The van der Waals surface area contributed by atoms with Crippen LogP contribution in [0.5, 0.6) is 11.5 Å². The highest BCUT2D eigenvalue weighted by atomic mass is 79.9. The predicted octanol–water partition coefficient (Wildman–Crippen LogP) is 5.84. The summed E-state index contributed by atoms with van der Waals surface area (Å²) in [6, 6.07) is 20.0. The number of nitrogens with zero attached hydrogens (tertiary/aromatic N) is 1. The minimum absolute atomic E-state index is 0.298. The zero-order valence-electron chi connectivity index (χ0n) is 16.3. The van der Waals surface area contributed by atoms with Crippen molar-refractivity contribution in [1.82, 2.24) is 5.43 Å². The van der Waals surface area contributed by atoms with Crippen LogP contribution in [0.1, 0.15) is 28.4 Å². The molecule has 0 bridgehead atoms. The first-order valence-electron chi connectivity index (χ1n) is 9.29. The van der Waals surface area contributed by atoms with Crippen LogP contribution >= 0.6 is 27.5 Å². The third kappa shape index (κ3) is 6.08. The van der Waals surface area contributed by atoms with Crippen molar-refractivity contribution in [2.75, 3.05) is 6.61 Å². The van der Waals surface area contributed by atoms with Crippen LogP contribution in [-0.2, 0) is 6.61 Å². The van der Waals surface area contributed by atoms with Gasteiger partial charge in [0, 0.05) is 16.1 Å². The van der Waals surface area contributed by atoms with E-state index in [2.05, 4.69) is 26.5 Å². The molecule has 0 unspecified atom stereocenters. The highest BCUT2D eigenvalue weighted by Gasteiger charge is 2.06. The van der Waals surface area contributed by atoms with Gasteiger partial charge in [-0.05, 0) is 76.9 Å². The molecule has 3 rings (SSSR count). The first-order valence-corrected chi connectivity index (χ1v) is 10.5. The third-order valence-electron chi connectivity index (χ3n) is 4.10. The molecule has 0 atom stereocenters. The highest BCUT2D eigenvalue weighted by molar-refractivity contribution is 9.10. The fraction of sp³-hybridized carbons (Fsp3) is 0.130. The van der Waals surface area contributed by atoms with E-state index in [9.17, 15) is 4.79 Å². The molecule has 30 heavy (non-hydrogen) atoms. The molecule has 0 aromatic heterocycles. The Morgan fingerprint density at radius 1 is 1.10 bits per heavy atom. The van der Waals surface area contributed by atoms with Crippen LogP contribution < -0.4 is 14.9 Å². The summed E-state index contributed by atoms with van der Waals surface area (Å²) in [5.74, 6) is 1.11. The van der Waals surface area contributed by atoms with Gasteiger partial charge in [-0.1, -0.05) is 29.8 Å². The lowest BCUT2D eigenvalue weighted by molar-refractivity contribution is 0.0955. The maximum atomic E-state index is 12.2. The summed E-state index contributed by atoms with van der Waals surface area (Å²) in [6.45, 7) is 2.85. The van der Waals surface area contributed by atoms with Gasteiger partial charge in [-0.3, -0.25) is 4.79 Å². The SMILES string of the molecule is CCOc1ccc(C(=O)N/N=C/c2ccc(OCc3ccccc3Cl)c(Br)c2)cc1. The van der Waals surface area contributed by atoms with Crippen molar-refractivity contribution < 1.29 is 14.3 Å². The van der Waals surface area contributed by atoms with E-state index in [-0.39, 0.29) is 5.91 Å². The Balaban J connectivity index is 1.56. The second-order valence-electron chi connectivity index (χ2n) is 6.23. The van der Waals surface area contributed by atoms with E-state index in [1.165, 1.54) is 0 Å². The van der Waals surface area contributed by atoms with Gasteiger partial charge < -0.3 is 9.47 Å². The highest BCUT2D eigenvalue weighted by Crippen LogP contribution is 2.27. The standard InChI is InChI=1S/C23H20BrClN2O3/c1-2-29-19-10-8-17(9-11-19)23(28)27-26-14-16-7-12-22(20(24)13-16)30-15-18-5-3-4-6-21(18)25/h3-14H,2,15H2,1H3,(H,27,28)/b26-14+. The Bertz CT molecular complexity index is 1040. The van der Waals surface area contributed by atoms with E-state index in [4.69, 9.17) is 21.1 Å². The molecule has 0 radical (unpaired) electrons. The van der Waals surface area contributed by atoms with Gasteiger partial charge in [0.25, 0.3) is 5.91 Å². The largest absolute Gasteiger partial charge is 0.494 e. The Kier molecular flexibility index (Phi) is 7.88. The molecule has 0 heterocycles. The summed E-state index contributed by atoms with van der Waals surface area (Å²) >= 11 is 9.65. The zero-order chi connectivity index (χ0) is 21.3. The molecule has 3 aromatic rings. The minimum atomic E-state index is -0.298. The quantitative estimate of drug-likeness (QED) is 0.320. The number of halogens is 2. The van der Waals surface area contributed by atoms with Crippen molar-refractivity contribution in [3.8, 4) is 11.5 Å². The van der Waals surface area contributed by atoms with E-state index in [0.717, 1.165) is 21.3 Å². The fourth-order valence-corrected chi connectivity index (χ4v) is 3.29. The summed E-state index contributed by atoms with van der Waals surface area (Å²) in [6.07, 6.45) is 1.56. The van der Waals surface area contributed by atoms with Crippen molar-refractivity contribution in [2.45, 2.75) is 13.5 Å². The van der Waals surface area contributed by atoms with E-state index >= 15 is 0 Å². The number of carbonyl (C=O) groups is 1. The lowest BCUT2D eigenvalue weighted by atomic mass is 10.2. The molecule has 1 amide bonds. The predicted molar refractivity (Wildman–Crippen MR) is 123 cm³/mol. The average Bonchev–Trinajstić information content (AvgIpc) is 2.75. The lowest BCUT2D eigenvalue weighted by Gasteiger charge is -2.10. The van der Waals surface area contributed by atoms with Crippen molar-refractivity contribution in [3.63, 3.8) is 0 Å². The molecule has 154 valence electrons. The van der Waals surface area contributed by atoms with Crippen molar-refractivity contribution in [2.24, 2.45) is 5.10 Å². The number of amides is 1. The van der Waals surface area contributed by atoms with Gasteiger partial charge >= 0.3 is 0 Å². The summed E-state index contributed by atoms with van der Waals surface area (Å²) in [5.41, 5.74) is 4.73. The molecule has 0 spiro atoms. The van der Waals surface area contributed by atoms with E-state index in [0.29, 0.717) is 29.5 Å². The molecule has 0 aliphatic rings. The molecule has 1 N–H and O–H groups in total. The molecule has 5 nitrogen and oxygen atoms in total. The van der Waals surface area contributed by atoms with Crippen LogP contribution in [0.2, 0.25) is 5.02 Å². The normalized spacial score (nSPS) is 10.8. The maximum Gasteiger partial charge on any atom is 0.271 e. The number of carbonyl (C=O) groups excluding carboxylic acids is 1. The van der Waals surface area contributed by atoms with Gasteiger partial charge in [0.05, 0.1) is 17.3 Å². The second-order valence-corrected chi connectivity index (χ2v) is 7.49. The molecular formula is C23H20BrClN2O3. The molecule has 3 aromatic carbocycles. The van der Waals surface area contributed by atoms with Gasteiger partial charge in [-0.25, -0.2) is 5.43 Å². The van der Waals surface area contributed by atoms with Crippen LogP contribution in [-0.4, -0.2) is 18.7 Å². The first kappa shape index (κ1) is 21.9. The van der Waals surface area contributed by atoms with Crippen LogP contribution in [0.3, 0.4) is 0 Å². The van der Waals surface area contributed by atoms with Gasteiger partial charge in [-0.15, -0.1) is 0 Å². The van der Waals surface area contributed by atoms with Crippen molar-refractivity contribution in [3.05, 3.63) is 92.9 Å². The average molecular weight is 488 g/mol. The molecule has 0 saturated carbocycles. The smallest absolute Gasteiger partial charge is 0.271 e. The maximum absolute atomic E-state index is 12.2. The number of hydrogen-bond donors (Lipinski definition) is 1. The first-order chi connectivity index (χ1) is 14.6. The number of hydrogen-bond acceptors (Lipinski definition) is 4. The fourth-order valence-electron chi connectivity index (χ4n) is 2.58. The third-order valence-corrected chi connectivity index (χ3v) is 5.09. The number of ether oxygens (including phenoxy) is 2. The molecule has 0 aliphatic carbocycles. The Hall–Kier alpha value is -2.83. The van der Waals surface area contributed by atoms with Gasteiger partial charge in [0.15, 0.2) is 0 Å². The van der Waals surface area contributed by atoms with Crippen LogP contribution in [0.4, 0.5) is 0 Å². The summed E-state index contributed by atoms with van der Waals surface area (Å²) in [5, 5.41) is 4.69. The van der Waals surface area contributed by atoms with Crippen LogP contribution in [0.15, 0.2) is 76.3 Å². The Morgan fingerprint density at radius 3 is 2.57 bits per heavy atom. The van der Waals surface area contributed by atoms with Crippen molar-refractivity contribution >= 4 is 39.7 Å². The number of benzene rings is 3.